The van der Waals surface area contributed by atoms with Crippen LogP contribution in [0.1, 0.15) is 0 Å². The number of nitrogen functional groups attached to an aromatic ring is 1. The average Bonchev–Trinajstić information content (AvgIpc) is 3.16. The van der Waals surface area contributed by atoms with Gasteiger partial charge in [0, 0.05) is 18.8 Å². The molecule has 0 aliphatic heterocycles. The Bertz CT molecular complexity index is 1330. The number of nitrogens with two attached hydrogens (primary N) is 1. The minimum absolute atomic E-state index is 0.0260. The van der Waals surface area contributed by atoms with Crippen LogP contribution in [0.15, 0.2) is 47.5 Å². The minimum Gasteiger partial charge on any atom is -0.482 e. The Morgan fingerprint density at radius 3 is 2.65 bits per heavy atom. The summed E-state index contributed by atoms with van der Waals surface area (Å²) < 4.78 is 34.9. The summed E-state index contributed by atoms with van der Waals surface area (Å²) in [4.78, 5) is 28.5. The van der Waals surface area contributed by atoms with Gasteiger partial charge in [0.15, 0.2) is 12.4 Å². The van der Waals surface area contributed by atoms with Crippen molar-refractivity contribution in [3.8, 4) is 22.7 Å². The van der Waals surface area contributed by atoms with Crippen LogP contribution in [0.3, 0.4) is 0 Å². The summed E-state index contributed by atoms with van der Waals surface area (Å²) in [5, 5.41) is 8.92. The second kappa shape index (κ2) is 7.86. The maximum Gasteiger partial charge on any atom is 0.268 e. The van der Waals surface area contributed by atoms with E-state index in [-0.39, 0.29) is 29.2 Å². The van der Waals surface area contributed by atoms with E-state index in [2.05, 4.69) is 20.5 Å². The van der Waals surface area contributed by atoms with Gasteiger partial charge >= 0.3 is 0 Å². The largest absolute Gasteiger partial charge is 0.482 e. The molecule has 9 nitrogen and oxygen atoms in total. The monoisotopic (exact) mass is 426 g/mol. The van der Waals surface area contributed by atoms with E-state index in [1.807, 2.05) is 0 Å². The van der Waals surface area contributed by atoms with E-state index < -0.39 is 22.9 Å². The number of rotatable bonds is 5. The lowest BCUT2D eigenvalue weighted by atomic mass is 10.1. The van der Waals surface area contributed by atoms with Crippen LogP contribution in [-0.4, -0.2) is 39.3 Å². The molecule has 0 radical (unpaired) electrons. The van der Waals surface area contributed by atoms with E-state index in [0.717, 1.165) is 16.7 Å². The molecule has 1 aromatic carbocycles. The number of carbonyl (C=O) groups is 1. The zero-order valence-corrected chi connectivity index (χ0v) is 16.1. The molecule has 4 aromatic rings. The molecule has 31 heavy (non-hydrogen) atoms. The molecule has 0 bridgehead atoms. The van der Waals surface area contributed by atoms with Crippen LogP contribution in [-0.2, 0) is 4.79 Å². The molecule has 3 heterocycles. The highest BCUT2D eigenvalue weighted by molar-refractivity contribution is 5.97. The molecule has 0 atom stereocenters. The zero-order valence-electron chi connectivity index (χ0n) is 16.1. The number of anilines is 1. The molecule has 0 saturated carbocycles. The van der Waals surface area contributed by atoms with E-state index in [1.165, 1.54) is 25.5 Å². The van der Waals surface area contributed by atoms with Crippen molar-refractivity contribution in [3.05, 3.63) is 64.7 Å². The lowest BCUT2D eigenvalue weighted by Gasteiger charge is -2.12. The van der Waals surface area contributed by atoms with E-state index in [4.69, 9.17) is 10.5 Å². The van der Waals surface area contributed by atoms with Crippen LogP contribution >= 0.6 is 0 Å². The predicted molar refractivity (Wildman–Crippen MR) is 109 cm³/mol. The molecular weight excluding hydrogens is 410 g/mol. The molecule has 0 spiro atoms. The standard InChI is InChI=1S/C20H16F2N6O3/c1-24-15(29)9-31-10-5-6-14(25-7-10)11-8-28(18-12(21)3-2-4-13(18)22)20(30)16-17(11)26-27-19(16)23/h2-8H,9H2,1H3,(H,24,29)(H3,23,26,27). The Hall–Kier alpha value is -4.28. The van der Waals surface area contributed by atoms with Crippen molar-refractivity contribution in [1.82, 2.24) is 25.1 Å². The summed E-state index contributed by atoms with van der Waals surface area (Å²) in [7, 11) is 1.49. The van der Waals surface area contributed by atoms with Gasteiger partial charge < -0.3 is 15.8 Å². The summed E-state index contributed by atoms with van der Waals surface area (Å²) in [6.07, 6.45) is 2.64. The number of fused-ring (bicyclic) bond motifs is 1. The van der Waals surface area contributed by atoms with E-state index in [0.29, 0.717) is 17.0 Å². The lowest BCUT2D eigenvalue weighted by Crippen LogP contribution is -2.24. The van der Waals surface area contributed by atoms with E-state index in [9.17, 15) is 18.4 Å². The van der Waals surface area contributed by atoms with Crippen molar-refractivity contribution in [3.63, 3.8) is 0 Å². The molecule has 4 N–H and O–H groups in total. The first-order valence-corrected chi connectivity index (χ1v) is 9.04. The molecule has 0 fully saturated rings. The number of likely N-dealkylation sites (N-methyl/N-ethyl adjacent to an activating group) is 1. The van der Waals surface area contributed by atoms with Crippen molar-refractivity contribution < 1.29 is 18.3 Å². The van der Waals surface area contributed by atoms with Crippen LogP contribution in [0, 0.1) is 11.6 Å². The van der Waals surface area contributed by atoms with Gasteiger partial charge in [-0.1, -0.05) is 6.07 Å². The number of amides is 1. The van der Waals surface area contributed by atoms with Crippen molar-refractivity contribution in [1.29, 1.82) is 0 Å². The zero-order chi connectivity index (χ0) is 22.1. The predicted octanol–water partition coefficient (Wildman–Crippen LogP) is 1.76. The molecule has 4 rings (SSSR count). The van der Waals surface area contributed by atoms with Gasteiger partial charge in [-0.3, -0.25) is 24.2 Å². The number of hydrogen-bond acceptors (Lipinski definition) is 6. The molecule has 11 heteroatoms. The normalized spacial score (nSPS) is 10.9. The summed E-state index contributed by atoms with van der Waals surface area (Å²) in [6.45, 7) is -0.184. The average molecular weight is 426 g/mol. The SMILES string of the molecule is CNC(=O)COc1ccc(-c2cn(-c3c(F)cccc3F)c(=O)c3c(N)n[nH]c23)nc1. The van der Waals surface area contributed by atoms with Gasteiger partial charge in [0.1, 0.15) is 28.5 Å². The number of nitrogens with zero attached hydrogens (tertiary/aromatic N) is 3. The Morgan fingerprint density at radius 1 is 1.26 bits per heavy atom. The second-order valence-electron chi connectivity index (χ2n) is 6.49. The Balaban J connectivity index is 1.86. The van der Waals surface area contributed by atoms with Gasteiger partial charge in [-0.05, 0) is 24.3 Å². The van der Waals surface area contributed by atoms with E-state index >= 15 is 0 Å². The fourth-order valence-electron chi connectivity index (χ4n) is 3.07. The molecule has 0 aliphatic carbocycles. The fraction of sp³-hybridized carbons (Fsp3) is 0.100. The number of benzene rings is 1. The number of aromatic nitrogens is 4. The molecule has 0 unspecified atom stereocenters. The summed E-state index contributed by atoms with van der Waals surface area (Å²) >= 11 is 0. The maximum atomic E-state index is 14.4. The Kier molecular flexibility index (Phi) is 5.07. The lowest BCUT2D eigenvalue weighted by molar-refractivity contribution is -0.122. The first-order valence-electron chi connectivity index (χ1n) is 9.04. The van der Waals surface area contributed by atoms with Gasteiger partial charge in [-0.15, -0.1) is 0 Å². The van der Waals surface area contributed by atoms with Crippen LogP contribution in [0.4, 0.5) is 14.6 Å². The number of halogens is 2. The highest BCUT2D eigenvalue weighted by atomic mass is 19.1. The second-order valence-corrected chi connectivity index (χ2v) is 6.49. The topological polar surface area (TPSA) is 128 Å². The molecule has 158 valence electrons. The minimum atomic E-state index is -0.916. The first-order chi connectivity index (χ1) is 14.9. The van der Waals surface area contributed by atoms with Crippen LogP contribution < -0.4 is 21.3 Å². The number of para-hydroxylation sites is 1. The molecule has 3 aromatic heterocycles. The first kappa shape index (κ1) is 20.0. The summed E-state index contributed by atoms with van der Waals surface area (Å²) in [5.74, 6) is -1.92. The third kappa shape index (κ3) is 3.56. The number of carbonyl (C=O) groups excluding carboxylic acids is 1. The number of hydrogen-bond donors (Lipinski definition) is 3. The quantitative estimate of drug-likeness (QED) is 0.446. The molecule has 1 amide bonds. The van der Waals surface area contributed by atoms with Crippen LogP contribution in [0.5, 0.6) is 5.75 Å². The van der Waals surface area contributed by atoms with Gasteiger partial charge in [0.25, 0.3) is 11.5 Å². The number of nitrogens with one attached hydrogen (secondary N) is 2. The number of pyridine rings is 2. The molecule has 0 saturated heterocycles. The smallest absolute Gasteiger partial charge is 0.268 e. The van der Waals surface area contributed by atoms with Gasteiger partial charge in [0.2, 0.25) is 0 Å². The van der Waals surface area contributed by atoms with Gasteiger partial charge in [0.05, 0.1) is 17.4 Å². The Labute approximate surface area is 173 Å². The van der Waals surface area contributed by atoms with E-state index in [1.54, 1.807) is 12.1 Å². The molecule has 0 aliphatic rings. The number of ether oxygens (including phenoxy) is 1. The van der Waals surface area contributed by atoms with Crippen LogP contribution in [0.25, 0.3) is 27.8 Å². The third-order valence-electron chi connectivity index (χ3n) is 4.59. The summed E-state index contributed by atoms with van der Waals surface area (Å²) in [6, 6.07) is 6.42. The van der Waals surface area contributed by atoms with Crippen molar-refractivity contribution in [2.75, 3.05) is 19.4 Å². The highest BCUT2D eigenvalue weighted by Crippen LogP contribution is 2.29. The maximum absolute atomic E-state index is 14.4. The molecular formula is C20H16F2N6O3. The van der Waals surface area contributed by atoms with Crippen molar-refractivity contribution in [2.45, 2.75) is 0 Å². The third-order valence-corrected chi connectivity index (χ3v) is 4.59. The van der Waals surface area contributed by atoms with Gasteiger partial charge in [-0.25, -0.2) is 8.78 Å². The van der Waals surface area contributed by atoms with Crippen molar-refractivity contribution in [2.24, 2.45) is 0 Å². The number of aromatic amines is 1. The van der Waals surface area contributed by atoms with Crippen LogP contribution in [0.2, 0.25) is 0 Å². The fourth-order valence-corrected chi connectivity index (χ4v) is 3.07. The summed E-state index contributed by atoms with van der Waals surface area (Å²) in [5.41, 5.74) is 5.51. The van der Waals surface area contributed by atoms with Gasteiger partial charge in [-0.2, -0.15) is 5.10 Å². The van der Waals surface area contributed by atoms with Crippen molar-refractivity contribution >= 4 is 22.6 Å². The Morgan fingerprint density at radius 2 is 2.00 bits per heavy atom. The number of H-pyrrole nitrogens is 1. The highest BCUT2D eigenvalue weighted by Gasteiger charge is 2.20.